The third kappa shape index (κ3) is 2.52. The van der Waals surface area contributed by atoms with Gasteiger partial charge in [-0.15, -0.1) is 0 Å². The normalized spacial score (nSPS) is 30.0. The Morgan fingerprint density at radius 1 is 1.30 bits per heavy atom. The molecule has 0 aliphatic heterocycles. The van der Waals surface area contributed by atoms with E-state index in [1.807, 2.05) is 6.92 Å². The van der Waals surface area contributed by atoms with Crippen molar-refractivity contribution in [3.8, 4) is 0 Å². The number of halogens is 1. The van der Waals surface area contributed by atoms with Gasteiger partial charge < -0.3 is 0 Å². The van der Waals surface area contributed by atoms with Gasteiger partial charge in [-0.25, -0.2) is 0 Å². The van der Waals surface area contributed by atoms with Gasteiger partial charge in [0.1, 0.15) is 5.69 Å². The molecule has 1 aromatic heterocycles. The molecule has 4 heteroatoms. The molecule has 1 aromatic rings. The minimum absolute atomic E-state index is 0.161. The van der Waals surface area contributed by atoms with E-state index >= 15 is 0 Å². The van der Waals surface area contributed by atoms with Crippen LogP contribution in [0.2, 0.25) is 5.02 Å². The van der Waals surface area contributed by atoms with Crippen molar-refractivity contribution in [3.63, 3.8) is 0 Å². The van der Waals surface area contributed by atoms with Crippen LogP contribution in [-0.4, -0.2) is 15.6 Å². The molecular formula is C16H23ClN2O. The maximum absolute atomic E-state index is 12.8. The van der Waals surface area contributed by atoms with E-state index in [1.165, 1.54) is 32.1 Å². The molecule has 0 saturated heterocycles. The highest BCUT2D eigenvalue weighted by Gasteiger charge is 2.36. The third-order valence-electron chi connectivity index (χ3n) is 5.24. The standard InChI is InChI=1S/C16H23ClN2O/c1-2-19-15(14(17)10-18-19)16(20)13-8-7-11-5-3-4-6-12(11)9-13/h10-13H,2-9H2,1H3. The van der Waals surface area contributed by atoms with Crippen LogP contribution < -0.4 is 0 Å². The van der Waals surface area contributed by atoms with Crippen molar-refractivity contribution in [3.05, 3.63) is 16.9 Å². The number of carbonyl (C=O) groups excluding carboxylic acids is 1. The third-order valence-corrected chi connectivity index (χ3v) is 5.51. The van der Waals surface area contributed by atoms with Crippen LogP contribution >= 0.6 is 11.6 Å². The van der Waals surface area contributed by atoms with Crippen LogP contribution in [0.1, 0.15) is 62.4 Å². The highest BCUT2D eigenvalue weighted by Crippen LogP contribution is 2.43. The fourth-order valence-corrected chi connectivity index (χ4v) is 4.39. The van der Waals surface area contributed by atoms with Gasteiger partial charge in [0, 0.05) is 12.5 Å². The van der Waals surface area contributed by atoms with Crippen molar-refractivity contribution in [2.45, 2.75) is 58.4 Å². The first-order valence-electron chi connectivity index (χ1n) is 7.96. The number of Topliss-reactive ketones (excluding diaryl/α,β-unsaturated/α-hetero) is 1. The molecule has 3 unspecified atom stereocenters. The molecule has 0 aromatic carbocycles. The zero-order valence-corrected chi connectivity index (χ0v) is 12.9. The quantitative estimate of drug-likeness (QED) is 0.777. The highest BCUT2D eigenvalue weighted by molar-refractivity contribution is 6.33. The molecule has 3 atom stereocenters. The van der Waals surface area contributed by atoms with Gasteiger partial charge in [-0.05, 0) is 38.0 Å². The Kier molecular flexibility index (Phi) is 4.16. The van der Waals surface area contributed by atoms with Crippen LogP contribution in [-0.2, 0) is 6.54 Å². The Balaban J connectivity index is 1.76. The summed E-state index contributed by atoms with van der Waals surface area (Å²) in [5.74, 6) is 2.02. The molecule has 2 saturated carbocycles. The molecule has 20 heavy (non-hydrogen) atoms. The van der Waals surface area contributed by atoms with Gasteiger partial charge in [0.25, 0.3) is 0 Å². The maximum Gasteiger partial charge on any atom is 0.185 e. The molecule has 0 amide bonds. The van der Waals surface area contributed by atoms with Crippen LogP contribution in [0.25, 0.3) is 0 Å². The monoisotopic (exact) mass is 294 g/mol. The molecule has 1 heterocycles. The number of rotatable bonds is 3. The fraction of sp³-hybridized carbons (Fsp3) is 0.750. The van der Waals surface area contributed by atoms with Gasteiger partial charge >= 0.3 is 0 Å². The molecule has 0 radical (unpaired) electrons. The summed E-state index contributed by atoms with van der Waals surface area (Å²) in [7, 11) is 0. The number of carbonyl (C=O) groups is 1. The number of aromatic nitrogens is 2. The molecule has 2 aliphatic rings. The van der Waals surface area contributed by atoms with Gasteiger partial charge in [-0.2, -0.15) is 5.10 Å². The molecule has 2 fully saturated rings. The number of hydrogen-bond acceptors (Lipinski definition) is 2. The smallest absolute Gasteiger partial charge is 0.185 e. The minimum atomic E-state index is 0.161. The summed E-state index contributed by atoms with van der Waals surface area (Å²) in [5.41, 5.74) is 0.633. The lowest BCUT2D eigenvalue weighted by atomic mass is 9.66. The summed E-state index contributed by atoms with van der Waals surface area (Å²) >= 11 is 6.17. The van der Waals surface area contributed by atoms with Crippen molar-refractivity contribution in [2.75, 3.05) is 0 Å². The second-order valence-electron chi connectivity index (χ2n) is 6.34. The summed E-state index contributed by atoms with van der Waals surface area (Å²) in [5, 5.41) is 4.71. The van der Waals surface area contributed by atoms with Gasteiger partial charge in [-0.1, -0.05) is 37.3 Å². The molecule has 0 N–H and O–H groups in total. The van der Waals surface area contributed by atoms with Crippen LogP contribution in [0.3, 0.4) is 0 Å². The predicted octanol–water partition coefficient (Wildman–Crippen LogP) is 4.35. The maximum atomic E-state index is 12.8. The Morgan fingerprint density at radius 2 is 2.05 bits per heavy atom. The van der Waals surface area contributed by atoms with Crippen molar-refractivity contribution >= 4 is 17.4 Å². The molecule has 2 aliphatic carbocycles. The SMILES string of the molecule is CCn1ncc(Cl)c1C(=O)C1CCC2CCCCC2C1. The molecule has 0 spiro atoms. The minimum Gasteiger partial charge on any atom is -0.292 e. The Bertz CT molecular complexity index is 497. The van der Waals surface area contributed by atoms with E-state index in [0.29, 0.717) is 17.3 Å². The molecule has 110 valence electrons. The van der Waals surface area contributed by atoms with Gasteiger partial charge in [0.15, 0.2) is 5.78 Å². The van der Waals surface area contributed by atoms with Crippen molar-refractivity contribution in [2.24, 2.45) is 17.8 Å². The number of hydrogen-bond donors (Lipinski definition) is 0. The largest absolute Gasteiger partial charge is 0.292 e. The summed E-state index contributed by atoms with van der Waals surface area (Å²) in [4.78, 5) is 12.8. The van der Waals surface area contributed by atoms with Gasteiger partial charge in [0.05, 0.1) is 11.2 Å². The molecule has 3 rings (SSSR count). The van der Waals surface area contributed by atoms with E-state index in [0.717, 1.165) is 24.7 Å². The van der Waals surface area contributed by atoms with E-state index in [9.17, 15) is 4.79 Å². The molecule has 3 nitrogen and oxygen atoms in total. The second kappa shape index (κ2) is 5.88. The Morgan fingerprint density at radius 3 is 2.80 bits per heavy atom. The lowest BCUT2D eigenvalue weighted by Gasteiger charge is -2.38. The second-order valence-corrected chi connectivity index (χ2v) is 6.74. The van der Waals surface area contributed by atoms with Crippen LogP contribution in [0, 0.1) is 17.8 Å². The average molecular weight is 295 g/mol. The topological polar surface area (TPSA) is 34.9 Å². The van der Waals surface area contributed by atoms with Crippen LogP contribution in [0.5, 0.6) is 0 Å². The zero-order valence-electron chi connectivity index (χ0n) is 12.1. The van der Waals surface area contributed by atoms with Crippen molar-refractivity contribution in [1.29, 1.82) is 0 Å². The van der Waals surface area contributed by atoms with E-state index in [2.05, 4.69) is 5.10 Å². The first-order valence-corrected chi connectivity index (χ1v) is 8.34. The number of fused-ring (bicyclic) bond motifs is 1. The summed E-state index contributed by atoms with van der Waals surface area (Å²) in [6.45, 7) is 2.70. The van der Waals surface area contributed by atoms with Crippen molar-refractivity contribution in [1.82, 2.24) is 9.78 Å². The van der Waals surface area contributed by atoms with Gasteiger partial charge in [0.2, 0.25) is 0 Å². The summed E-state index contributed by atoms with van der Waals surface area (Å²) < 4.78 is 1.75. The lowest BCUT2D eigenvalue weighted by molar-refractivity contribution is 0.0753. The fourth-order valence-electron chi connectivity index (χ4n) is 4.15. The zero-order chi connectivity index (χ0) is 14.1. The van der Waals surface area contributed by atoms with E-state index in [-0.39, 0.29) is 11.7 Å². The first kappa shape index (κ1) is 14.1. The average Bonchev–Trinajstić information content (AvgIpc) is 2.87. The van der Waals surface area contributed by atoms with Crippen LogP contribution in [0.15, 0.2) is 6.20 Å². The van der Waals surface area contributed by atoms with E-state index in [4.69, 9.17) is 11.6 Å². The van der Waals surface area contributed by atoms with Crippen molar-refractivity contribution < 1.29 is 4.79 Å². The van der Waals surface area contributed by atoms with Gasteiger partial charge in [-0.3, -0.25) is 9.48 Å². The number of nitrogens with zero attached hydrogens (tertiary/aromatic N) is 2. The highest BCUT2D eigenvalue weighted by atomic mass is 35.5. The Labute approximate surface area is 125 Å². The molecular weight excluding hydrogens is 272 g/mol. The number of aryl methyl sites for hydroxylation is 1. The van der Waals surface area contributed by atoms with E-state index in [1.54, 1.807) is 10.9 Å². The number of ketones is 1. The first-order chi connectivity index (χ1) is 9.70. The Hall–Kier alpha value is -0.830. The summed E-state index contributed by atoms with van der Waals surface area (Å²) in [6, 6.07) is 0. The lowest BCUT2D eigenvalue weighted by Crippen LogP contribution is -2.32. The van der Waals surface area contributed by atoms with Crippen LogP contribution in [0.4, 0.5) is 0 Å². The van der Waals surface area contributed by atoms with E-state index < -0.39 is 0 Å². The predicted molar refractivity (Wildman–Crippen MR) is 80.0 cm³/mol. The molecule has 0 bridgehead atoms. The summed E-state index contributed by atoms with van der Waals surface area (Å²) in [6.07, 6.45) is 10.3.